The molecule has 1 saturated heterocycles. The molecule has 3 atom stereocenters. The van der Waals surface area contributed by atoms with Crippen LogP contribution in [0.1, 0.15) is 52.4 Å². The van der Waals surface area contributed by atoms with E-state index in [2.05, 4.69) is 13.8 Å². The van der Waals surface area contributed by atoms with E-state index in [9.17, 15) is 4.79 Å². The Morgan fingerprint density at radius 2 is 2.06 bits per heavy atom. The van der Waals surface area contributed by atoms with E-state index in [4.69, 9.17) is 9.16 Å². The quantitative estimate of drug-likeness (QED) is 0.527. The van der Waals surface area contributed by atoms with Gasteiger partial charge in [0.1, 0.15) is 0 Å². The summed E-state index contributed by atoms with van der Waals surface area (Å²) in [4.78, 5) is 11.7. The number of carbonyl (C=O) groups is 1. The summed E-state index contributed by atoms with van der Waals surface area (Å²) in [5.74, 6) is 0.832. The van der Waals surface area contributed by atoms with Crippen LogP contribution in [0.2, 0.25) is 12.1 Å². The van der Waals surface area contributed by atoms with Crippen molar-refractivity contribution in [2.75, 3.05) is 0 Å². The maximum Gasteiger partial charge on any atom is 0.292 e. The van der Waals surface area contributed by atoms with Gasteiger partial charge in [0.15, 0.2) is 0 Å². The van der Waals surface area contributed by atoms with Gasteiger partial charge >= 0.3 is 0 Å². The first-order valence-corrected chi connectivity index (χ1v) is 9.68. The zero-order valence-corrected chi connectivity index (χ0v) is 12.8. The molecular formula is C14H26O3Si. The third-order valence-corrected chi connectivity index (χ3v) is 6.73. The number of hydrogen-bond donors (Lipinski definition) is 0. The van der Waals surface area contributed by atoms with Crippen molar-refractivity contribution in [2.24, 2.45) is 5.92 Å². The summed E-state index contributed by atoms with van der Waals surface area (Å²) in [6, 6.07) is 2.12. The van der Waals surface area contributed by atoms with Crippen LogP contribution < -0.4 is 0 Å². The molecule has 3 unspecified atom stereocenters. The van der Waals surface area contributed by atoms with Crippen LogP contribution in [0.15, 0.2) is 0 Å². The highest BCUT2D eigenvalue weighted by atomic mass is 28.3. The molecule has 1 aliphatic heterocycles. The fourth-order valence-corrected chi connectivity index (χ4v) is 4.38. The summed E-state index contributed by atoms with van der Waals surface area (Å²) in [6.07, 6.45) is 7.69. The van der Waals surface area contributed by atoms with Gasteiger partial charge in [-0.15, -0.1) is 0 Å². The standard InChI is InChI=1S/C14H26O3Si/c1-3-18(4-2)17-14(15)7-5-6-11-8-9-12-13(10-11)16-12/h11-13,18H,3-10H2,1-2H3. The molecule has 2 rings (SSSR count). The molecular weight excluding hydrogens is 244 g/mol. The van der Waals surface area contributed by atoms with E-state index in [0.29, 0.717) is 18.6 Å². The lowest BCUT2D eigenvalue weighted by molar-refractivity contribution is -0.135. The lowest BCUT2D eigenvalue weighted by Crippen LogP contribution is -2.20. The highest BCUT2D eigenvalue weighted by molar-refractivity contribution is 6.53. The van der Waals surface area contributed by atoms with Gasteiger partial charge in [0.05, 0.1) is 12.2 Å². The number of carbonyl (C=O) groups excluding carboxylic acids is 1. The number of epoxide rings is 1. The molecule has 2 fully saturated rings. The second-order valence-electron chi connectivity index (χ2n) is 5.71. The minimum absolute atomic E-state index is 0.0479. The Morgan fingerprint density at radius 3 is 2.72 bits per heavy atom. The van der Waals surface area contributed by atoms with Gasteiger partial charge < -0.3 is 9.16 Å². The molecule has 3 nitrogen and oxygen atoms in total. The van der Waals surface area contributed by atoms with Crippen LogP contribution in [-0.4, -0.2) is 27.2 Å². The predicted molar refractivity (Wildman–Crippen MR) is 74.1 cm³/mol. The van der Waals surface area contributed by atoms with Crippen molar-refractivity contribution in [3.05, 3.63) is 0 Å². The average Bonchev–Trinajstić information content (AvgIpc) is 3.14. The molecule has 0 aromatic rings. The second-order valence-corrected chi connectivity index (χ2v) is 8.83. The largest absolute Gasteiger partial charge is 0.522 e. The third kappa shape index (κ3) is 4.09. The van der Waals surface area contributed by atoms with E-state index in [1.165, 1.54) is 25.7 Å². The van der Waals surface area contributed by atoms with Crippen molar-refractivity contribution in [2.45, 2.75) is 76.7 Å². The lowest BCUT2D eigenvalue weighted by Gasteiger charge is -2.18. The molecule has 0 radical (unpaired) electrons. The topological polar surface area (TPSA) is 38.8 Å². The smallest absolute Gasteiger partial charge is 0.292 e. The average molecular weight is 270 g/mol. The van der Waals surface area contributed by atoms with Crippen LogP contribution in [0.3, 0.4) is 0 Å². The molecule has 0 amide bonds. The number of ether oxygens (including phenoxy) is 1. The van der Waals surface area contributed by atoms with Gasteiger partial charge in [0.25, 0.3) is 5.97 Å². The second kappa shape index (κ2) is 6.71. The van der Waals surface area contributed by atoms with E-state index in [1.54, 1.807) is 0 Å². The van der Waals surface area contributed by atoms with Crippen molar-refractivity contribution >= 4 is 15.0 Å². The van der Waals surface area contributed by atoms with Crippen LogP contribution in [0.4, 0.5) is 0 Å². The lowest BCUT2D eigenvalue weighted by atomic mass is 9.86. The van der Waals surface area contributed by atoms with Crippen molar-refractivity contribution in [3.63, 3.8) is 0 Å². The van der Waals surface area contributed by atoms with Gasteiger partial charge in [-0.25, -0.2) is 0 Å². The normalized spacial score (nSPS) is 30.1. The number of hydrogen-bond acceptors (Lipinski definition) is 3. The Balaban J connectivity index is 1.55. The van der Waals surface area contributed by atoms with E-state index in [-0.39, 0.29) is 5.97 Å². The minimum Gasteiger partial charge on any atom is -0.522 e. The summed E-state index contributed by atoms with van der Waals surface area (Å²) in [7, 11) is -1.20. The van der Waals surface area contributed by atoms with Crippen molar-refractivity contribution in [3.8, 4) is 0 Å². The molecule has 1 aliphatic carbocycles. The highest BCUT2D eigenvalue weighted by Crippen LogP contribution is 2.41. The SMILES string of the molecule is CC[SiH](CC)OC(=O)CCCC1CCC2OC2C1. The molecule has 18 heavy (non-hydrogen) atoms. The fraction of sp³-hybridized carbons (Fsp3) is 0.929. The summed E-state index contributed by atoms with van der Waals surface area (Å²) >= 11 is 0. The summed E-state index contributed by atoms with van der Waals surface area (Å²) in [5, 5.41) is 0. The molecule has 2 aliphatic rings. The Morgan fingerprint density at radius 1 is 1.28 bits per heavy atom. The van der Waals surface area contributed by atoms with Crippen molar-refractivity contribution in [1.82, 2.24) is 0 Å². The first-order chi connectivity index (χ1) is 8.72. The van der Waals surface area contributed by atoms with Gasteiger partial charge in [-0.1, -0.05) is 13.8 Å². The van der Waals surface area contributed by atoms with Crippen LogP contribution in [0.5, 0.6) is 0 Å². The molecule has 4 heteroatoms. The maximum absolute atomic E-state index is 11.7. The van der Waals surface area contributed by atoms with Crippen LogP contribution >= 0.6 is 0 Å². The number of fused-ring (bicyclic) bond motifs is 1. The fourth-order valence-electron chi connectivity index (χ4n) is 2.98. The van der Waals surface area contributed by atoms with Gasteiger partial charge in [0.2, 0.25) is 9.04 Å². The zero-order valence-electron chi connectivity index (χ0n) is 11.7. The Bertz CT molecular complexity index is 278. The third-order valence-electron chi connectivity index (χ3n) is 4.31. The molecule has 0 aromatic carbocycles. The van der Waals surface area contributed by atoms with Gasteiger partial charge in [0, 0.05) is 6.42 Å². The summed E-state index contributed by atoms with van der Waals surface area (Å²) < 4.78 is 11.1. The maximum atomic E-state index is 11.7. The highest BCUT2D eigenvalue weighted by Gasteiger charge is 2.43. The molecule has 0 spiro atoms. The van der Waals surface area contributed by atoms with Crippen LogP contribution in [-0.2, 0) is 14.0 Å². The molecule has 0 bridgehead atoms. The van der Waals surface area contributed by atoms with Crippen LogP contribution in [0, 0.1) is 5.92 Å². The first-order valence-electron chi connectivity index (χ1n) is 7.57. The zero-order chi connectivity index (χ0) is 13.0. The minimum atomic E-state index is -1.20. The van der Waals surface area contributed by atoms with E-state index in [0.717, 1.165) is 24.4 Å². The van der Waals surface area contributed by atoms with Gasteiger partial charge in [-0.05, 0) is 50.1 Å². The van der Waals surface area contributed by atoms with Gasteiger partial charge in [-0.3, -0.25) is 4.79 Å². The van der Waals surface area contributed by atoms with Gasteiger partial charge in [-0.2, -0.15) is 0 Å². The van der Waals surface area contributed by atoms with Crippen molar-refractivity contribution in [1.29, 1.82) is 0 Å². The molecule has 1 heterocycles. The molecule has 104 valence electrons. The monoisotopic (exact) mass is 270 g/mol. The van der Waals surface area contributed by atoms with E-state index in [1.807, 2.05) is 0 Å². The Kier molecular flexibility index (Phi) is 5.24. The predicted octanol–water partition coefficient (Wildman–Crippen LogP) is 3.03. The summed E-state index contributed by atoms with van der Waals surface area (Å²) in [6.45, 7) is 4.25. The summed E-state index contributed by atoms with van der Waals surface area (Å²) in [5.41, 5.74) is 0. The van der Waals surface area contributed by atoms with E-state index >= 15 is 0 Å². The Labute approximate surface area is 112 Å². The number of rotatable bonds is 7. The molecule has 0 aromatic heterocycles. The Hall–Kier alpha value is -0.353. The van der Waals surface area contributed by atoms with E-state index < -0.39 is 9.04 Å². The molecule has 1 saturated carbocycles. The van der Waals surface area contributed by atoms with Crippen LogP contribution in [0.25, 0.3) is 0 Å². The molecule has 0 N–H and O–H groups in total. The van der Waals surface area contributed by atoms with Crippen molar-refractivity contribution < 1.29 is 14.0 Å². The first kappa shape index (κ1) is 14.1.